The maximum absolute atomic E-state index is 6.04. The van der Waals surface area contributed by atoms with Gasteiger partial charge in [-0.15, -0.1) is 0 Å². The highest BCUT2D eigenvalue weighted by Crippen LogP contribution is 2.28. The first-order valence-electron chi connectivity index (χ1n) is 9.42. The molecule has 122 valence electrons. The van der Waals surface area contributed by atoms with Crippen molar-refractivity contribution in [1.29, 1.82) is 0 Å². The van der Waals surface area contributed by atoms with Crippen molar-refractivity contribution in [3.05, 3.63) is 0 Å². The lowest BCUT2D eigenvalue weighted by atomic mass is 9.87. The topological polar surface area (TPSA) is 32.5 Å². The van der Waals surface area contributed by atoms with Crippen LogP contribution < -0.4 is 5.73 Å². The summed E-state index contributed by atoms with van der Waals surface area (Å²) in [5, 5.41) is 0. The van der Waals surface area contributed by atoms with Gasteiger partial charge in [0.1, 0.15) is 0 Å². The summed E-state index contributed by atoms with van der Waals surface area (Å²) in [5.74, 6) is 1.92. The van der Waals surface area contributed by atoms with Crippen LogP contribution in [-0.4, -0.2) is 54.6 Å². The number of hydrogen-bond acceptors (Lipinski definition) is 3. The van der Waals surface area contributed by atoms with E-state index in [0.717, 1.165) is 17.9 Å². The van der Waals surface area contributed by atoms with Crippen LogP contribution in [-0.2, 0) is 0 Å². The van der Waals surface area contributed by atoms with Crippen molar-refractivity contribution in [2.45, 2.75) is 70.4 Å². The molecule has 3 rings (SSSR count). The first kappa shape index (κ1) is 15.8. The molecule has 0 atom stereocenters. The van der Waals surface area contributed by atoms with Crippen molar-refractivity contribution in [2.75, 3.05) is 32.7 Å². The first-order valence-corrected chi connectivity index (χ1v) is 9.42. The Kier molecular flexibility index (Phi) is 5.58. The number of nitrogens with zero attached hydrogens (tertiary/aromatic N) is 2. The molecule has 3 heteroatoms. The van der Waals surface area contributed by atoms with Gasteiger partial charge in [0, 0.05) is 18.6 Å². The molecule has 21 heavy (non-hydrogen) atoms. The summed E-state index contributed by atoms with van der Waals surface area (Å²) in [4.78, 5) is 5.51. The Labute approximate surface area is 131 Å². The lowest BCUT2D eigenvalue weighted by Crippen LogP contribution is -2.46. The molecule has 1 aliphatic carbocycles. The summed E-state index contributed by atoms with van der Waals surface area (Å²) < 4.78 is 0. The number of hydrogen-bond donors (Lipinski definition) is 1. The fraction of sp³-hybridized carbons (Fsp3) is 1.00. The fourth-order valence-electron chi connectivity index (χ4n) is 4.58. The third-order valence-corrected chi connectivity index (χ3v) is 6.30. The van der Waals surface area contributed by atoms with Crippen LogP contribution in [0.2, 0.25) is 0 Å². The van der Waals surface area contributed by atoms with Crippen LogP contribution in [0.3, 0.4) is 0 Å². The summed E-state index contributed by atoms with van der Waals surface area (Å²) in [5.41, 5.74) is 6.04. The molecular weight excluding hydrogens is 258 g/mol. The number of likely N-dealkylation sites (tertiary alicyclic amines) is 2. The lowest BCUT2D eigenvalue weighted by Gasteiger charge is -2.42. The van der Waals surface area contributed by atoms with E-state index in [4.69, 9.17) is 5.73 Å². The van der Waals surface area contributed by atoms with E-state index >= 15 is 0 Å². The van der Waals surface area contributed by atoms with Gasteiger partial charge in [0.2, 0.25) is 0 Å². The van der Waals surface area contributed by atoms with Crippen molar-refractivity contribution < 1.29 is 0 Å². The minimum absolute atomic E-state index is 0.486. The van der Waals surface area contributed by atoms with Gasteiger partial charge < -0.3 is 15.5 Å². The zero-order valence-corrected chi connectivity index (χ0v) is 14.0. The molecule has 0 amide bonds. The Morgan fingerprint density at radius 1 is 0.810 bits per heavy atom. The third kappa shape index (κ3) is 4.43. The van der Waals surface area contributed by atoms with Gasteiger partial charge in [-0.25, -0.2) is 0 Å². The normalized spacial score (nSPS) is 35.1. The Morgan fingerprint density at radius 3 is 2.05 bits per heavy atom. The number of piperidine rings is 2. The monoisotopic (exact) mass is 293 g/mol. The second-order valence-electron chi connectivity index (χ2n) is 8.03. The molecule has 1 saturated carbocycles. The zero-order chi connectivity index (χ0) is 14.7. The molecule has 0 bridgehead atoms. The number of rotatable bonds is 3. The maximum Gasteiger partial charge on any atom is 0.00964 e. The van der Waals surface area contributed by atoms with E-state index in [1.54, 1.807) is 0 Å². The molecule has 2 N–H and O–H groups in total. The van der Waals surface area contributed by atoms with Gasteiger partial charge in [0.05, 0.1) is 0 Å². The van der Waals surface area contributed by atoms with E-state index in [9.17, 15) is 0 Å². The molecule has 0 spiro atoms. The molecular formula is C18H35N3. The predicted octanol–water partition coefficient (Wildman–Crippen LogP) is 2.70. The molecule has 2 heterocycles. The Morgan fingerprint density at radius 2 is 1.43 bits per heavy atom. The average Bonchev–Trinajstić information content (AvgIpc) is 2.51. The van der Waals surface area contributed by atoms with Crippen LogP contribution in [0.25, 0.3) is 0 Å². The molecule has 2 aliphatic heterocycles. The molecule has 0 aromatic carbocycles. The SMILES string of the molecule is CC1CCN(CC2CCN(C3CCC(N)CC3)CC2)CC1. The molecule has 3 aliphatic rings. The molecule has 0 aromatic heterocycles. The molecule has 0 unspecified atom stereocenters. The van der Waals surface area contributed by atoms with Crippen molar-refractivity contribution in [2.24, 2.45) is 17.6 Å². The fourth-order valence-corrected chi connectivity index (χ4v) is 4.58. The van der Waals surface area contributed by atoms with E-state index in [2.05, 4.69) is 16.7 Å². The summed E-state index contributed by atoms with van der Waals surface area (Å²) in [6, 6.07) is 1.34. The van der Waals surface area contributed by atoms with E-state index < -0.39 is 0 Å². The summed E-state index contributed by atoms with van der Waals surface area (Å²) in [6.07, 6.45) is 10.9. The highest BCUT2D eigenvalue weighted by Gasteiger charge is 2.29. The minimum atomic E-state index is 0.486. The standard InChI is InChI=1S/C18H35N3/c1-15-6-10-20(11-7-15)14-16-8-12-21(13-9-16)18-4-2-17(19)3-5-18/h15-18H,2-14,19H2,1H3. The molecule has 3 nitrogen and oxygen atoms in total. The minimum Gasteiger partial charge on any atom is -0.328 e. The van der Waals surface area contributed by atoms with Crippen LogP contribution in [0.15, 0.2) is 0 Å². The van der Waals surface area contributed by atoms with Gasteiger partial charge in [0.25, 0.3) is 0 Å². The van der Waals surface area contributed by atoms with Crippen LogP contribution in [0, 0.1) is 11.8 Å². The quantitative estimate of drug-likeness (QED) is 0.868. The van der Waals surface area contributed by atoms with Gasteiger partial charge in [-0.2, -0.15) is 0 Å². The smallest absolute Gasteiger partial charge is 0.00964 e. The van der Waals surface area contributed by atoms with E-state index in [1.165, 1.54) is 84.1 Å². The van der Waals surface area contributed by atoms with Crippen molar-refractivity contribution in [3.8, 4) is 0 Å². The predicted molar refractivity (Wildman–Crippen MR) is 89.4 cm³/mol. The second kappa shape index (κ2) is 7.43. The molecule has 2 saturated heterocycles. The van der Waals surface area contributed by atoms with E-state index in [1.807, 2.05) is 0 Å². The van der Waals surface area contributed by atoms with Crippen molar-refractivity contribution in [3.63, 3.8) is 0 Å². The third-order valence-electron chi connectivity index (χ3n) is 6.30. The average molecular weight is 293 g/mol. The Hall–Kier alpha value is -0.120. The highest BCUT2D eigenvalue weighted by molar-refractivity contribution is 4.85. The van der Waals surface area contributed by atoms with Crippen LogP contribution >= 0.6 is 0 Å². The Balaban J connectivity index is 1.37. The lowest BCUT2D eigenvalue weighted by molar-refractivity contribution is 0.0807. The van der Waals surface area contributed by atoms with Gasteiger partial charge in [-0.1, -0.05) is 6.92 Å². The Bertz CT molecular complexity index is 296. The molecule has 0 radical (unpaired) electrons. The molecule has 3 fully saturated rings. The largest absolute Gasteiger partial charge is 0.328 e. The van der Waals surface area contributed by atoms with Crippen molar-refractivity contribution in [1.82, 2.24) is 9.80 Å². The summed E-state index contributed by atoms with van der Waals surface area (Å²) >= 11 is 0. The van der Waals surface area contributed by atoms with Crippen molar-refractivity contribution >= 4 is 0 Å². The van der Waals surface area contributed by atoms with Crippen LogP contribution in [0.1, 0.15) is 58.3 Å². The maximum atomic E-state index is 6.04. The van der Waals surface area contributed by atoms with Gasteiger partial charge in [-0.3, -0.25) is 0 Å². The second-order valence-corrected chi connectivity index (χ2v) is 8.03. The summed E-state index contributed by atoms with van der Waals surface area (Å²) in [7, 11) is 0. The van der Waals surface area contributed by atoms with Gasteiger partial charge >= 0.3 is 0 Å². The summed E-state index contributed by atoms with van der Waals surface area (Å²) in [6.45, 7) is 9.16. The van der Waals surface area contributed by atoms with Crippen LogP contribution in [0.5, 0.6) is 0 Å². The molecule has 0 aromatic rings. The van der Waals surface area contributed by atoms with Gasteiger partial charge in [0.15, 0.2) is 0 Å². The van der Waals surface area contributed by atoms with E-state index in [0.29, 0.717) is 6.04 Å². The highest BCUT2D eigenvalue weighted by atomic mass is 15.2. The number of nitrogens with two attached hydrogens (primary N) is 1. The van der Waals surface area contributed by atoms with E-state index in [-0.39, 0.29) is 0 Å². The van der Waals surface area contributed by atoms with Crippen LogP contribution in [0.4, 0.5) is 0 Å². The first-order chi connectivity index (χ1) is 10.2. The zero-order valence-electron chi connectivity index (χ0n) is 14.0. The van der Waals surface area contributed by atoms with Gasteiger partial charge in [-0.05, 0) is 89.4 Å².